The summed E-state index contributed by atoms with van der Waals surface area (Å²) in [6.45, 7) is 7.64. The fourth-order valence-corrected chi connectivity index (χ4v) is 1.56. The zero-order chi connectivity index (χ0) is 8.81. The van der Waals surface area contributed by atoms with Gasteiger partial charge in [-0.25, -0.2) is 0 Å². The molecule has 1 N–H and O–H groups in total. The zero-order valence-corrected chi connectivity index (χ0v) is 8.31. The van der Waals surface area contributed by atoms with Crippen LogP contribution in [0.25, 0.3) is 0 Å². The molecule has 0 aliphatic carbocycles. The number of unbranched alkanes of at least 4 members (excludes halogenated alkanes) is 1. The standard InChI is InChI=1S/C10H21NO/c1-3-4-7-12-10-8-11-6-5-9(10)2/h9-11H,3-8H2,1-2H3. The Morgan fingerprint density at radius 3 is 3.00 bits per heavy atom. The maximum absolute atomic E-state index is 5.77. The molecule has 0 saturated carbocycles. The first kappa shape index (κ1) is 10.0. The summed E-state index contributed by atoms with van der Waals surface area (Å²) >= 11 is 0. The van der Waals surface area contributed by atoms with Gasteiger partial charge in [-0.15, -0.1) is 0 Å². The van der Waals surface area contributed by atoms with Crippen LogP contribution in [0.5, 0.6) is 0 Å². The van der Waals surface area contributed by atoms with E-state index in [1.54, 1.807) is 0 Å². The molecule has 0 spiro atoms. The van der Waals surface area contributed by atoms with Crippen LogP contribution in [0.2, 0.25) is 0 Å². The Balaban J connectivity index is 2.11. The molecule has 1 aliphatic rings. The third-order valence-corrected chi connectivity index (χ3v) is 2.59. The monoisotopic (exact) mass is 171 g/mol. The van der Waals surface area contributed by atoms with Gasteiger partial charge in [0.1, 0.15) is 0 Å². The van der Waals surface area contributed by atoms with Crippen molar-refractivity contribution in [3.05, 3.63) is 0 Å². The smallest absolute Gasteiger partial charge is 0.0725 e. The number of piperidine rings is 1. The van der Waals surface area contributed by atoms with Crippen molar-refractivity contribution in [1.29, 1.82) is 0 Å². The van der Waals surface area contributed by atoms with Crippen LogP contribution in [-0.4, -0.2) is 25.8 Å². The fraction of sp³-hybridized carbons (Fsp3) is 1.00. The number of hydrogen-bond acceptors (Lipinski definition) is 2. The van der Waals surface area contributed by atoms with E-state index >= 15 is 0 Å². The summed E-state index contributed by atoms with van der Waals surface area (Å²) in [5, 5.41) is 3.37. The Labute approximate surface area is 75.7 Å². The molecule has 0 aromatic heterocycles. The van der Waals surface area contributed by atoms with E-state index in [2.05, 4.69) is 19.2 Å². The van der Waals surface area contributed by atoms with E-state index in [-0.39, 0.29) is 0 Å². The minimum Gasteiger partial charge on any atom is -0.377 e. The summed E-state index contributed by atoms with van der Waals surface area (Å²) in [5.74, 6) is 0.739. The fourth-order valence-electron chi connectivity index (χ4n) is 1.56. The van der Waals surface area contributed by atoms with Gasteiger partial charge in [-0.2, -0.15) is 0 Å². The molecule has 72 valence electrons. The van der Waals surface area contributed by atoms with Crippen LogP contribution >= 0.6 is 0 Å². The van der Waals surface area contributed by atoms with E-state index < -0.39 is 0 Å². The van der Waals surface area contributed by atoms with Crippen molar-refractivity contribution in [1.82, 2.24) is 5.32 Å². The molecule has 12 heavy (non-hydrogen) atoms. The van der Waals surface area contributed by atoms with Crippen molar-refractivity contribution in [3.8, 4) is 0 Å². The molecule has 1 heterocycles. The van der Waals surface area contributed by atoms with Gasteiger partial charge in [0.05, 0.1) is 6.10 Å². The topological polar surface area (TPSA) is 21.3 Å². The third-order valence-electron chi connectivity index (χ3n) is 2.59. The Bertz CT molecular complexity index is 116. The van der Waals surface area contributed by atoms with Crippen LogP contribution in [0, 0.1) is 5.92 Å². The number of nitrogens with one attached hydrogen (secondary N) is 1. The quantitative estimate of drug-likeness (QED) is 0.651. The van der Waals surface area contributed by atoms with Gasteiger partial charge in [0.2, 0.25) is 0 Å². The van der Waals surface area contributed by atoms with Crippen molar-refractivity contribution in [2.75, 3.05) is 19.7 Å². The summed E-state index contributed by atoms with van der Waals surface area (Å²) in [4.78, 5) is 0. The SMILES string of the molecule is CCCCOC1CNCCC1C. The third kappa shape index (κ3) is 3.11. The van der Waals surface area contributed by atoms with Crippen molar-refractivity contribution < 1.29 is 4.74 Å². The van der Waals surface area contributed by atoms with Gasteiger partial charge in [0, 0.05) is 13.2 Å². The molecule has 0 aromatic rings. The highest BCUT2D eigenvalue weighted by molar-refractivity contribution is 4.75. The molecular formula is C10H21NO. The summed E-state index contributed by atoms with van der Waals surface area (Å²) < 4.78 is 5.77. The van der Waals surface area contributed by atoms with Gasteiger partial charge in [-0.05, 0) is 25.3 Å². The Hall–Kier alpha value is -0.0800. The first-order chi connectivity index (χ1) is 5.84. The maximum atomic E-state index is 5.77. The molecule has 1 saturated heterocycles. The van der Waals surface area contributed by atoms with E-state index in [0.717, 1.165) is 25.6 Å². The lowest BCUT2D eigenvalue weighted by Crippen LogP contribution is -2.41. The molecule has 2 heteroatoms. The van der Waals surface area contributed by atoms with E-state index in [1.165, 1.54) is 19.3 Å². The number of ether oxygens (including phenoxy) is 1. The van der Waals surface area contributed by atoms with Crippen LogP contribution < -0.4 is 5.32 Å². The lowest BCUT2D eigenvalue weighted by molar-refractivity contribution is 0.00290. The Morgan fingerprint density at radius 1 is 1.50 bits per heavy atom. The van der Waals surface area contributed by atoms with Gasteiger partial charge in [-0.3, -0.25) is 0 Å². The normalized spacial score (nSPS) is 30.5. The molecule has 2 atom stereocenters. The van der Waals surface area contributed by atoms with E-state index in [1.807, 2.05) is 0 Å². The minimum atomic E-state index is 0.463. The van der Waals surface area contributed by atoms with Gasteiger partial charge < -0.3 is 10.1 Å². The molecule has 2 unspecified atom stereocenters. The van der Waals surface area contributed by atoms with Crippen LogP contribution in [0.4, 0.5) is 0 Å². The van der Waals surface area contributed by atoms with Gasteiger partial charge in [0.25, 0.3) is 0 Å². The molecule has 1 rings (SSSR count). The van der Waals surface area contributed by atoms with Crippen LogP contribution in [0.15, 0.2) is 0 Å². The minimum absolute atomic E-state index is 0.463. The summed E-state index contributed by atoms with van der Waals surface area (Å²) in [7, 11) is 0. The molecular weight excluding hydrogens is 150 g/mol. The molecule has 1 aliphatic heterocycles. The van der Waals surface area contributed by atoms with Gasteiger partial charge >= 0.3 is 0 Å². The van der Waals surface area contributed by atoms with Crippen molar-refractivity contribution in [2.24, 2.45) is 5.92 Å². The average molecular weight is 171 g/mol. The first-order valence-electron chi connectivity index (χ1n) is 5.17. The predicted molar refractivity (Wildman–Crippen MR) is 51.3 cm³/mol. The van der Waals surface area contributed by atoms with E-state index in [0.29, 0.717) is 6.10 Å². The summed E-state index contributed by atoms with van der Waals surface area (Å²) in [5.41, 5.74) is 0. The highest BCUT2D eigenvalue weighted by Gasteiger charge is 2.20. The number of hydrogen-bond donors (Lipinski definition) is 1. The van der Waals surface area contributed by atoms with Crippen molar-refractivity contribution in [3.63, 3.8) is 0 Å². The van der Waals surface area contributed by atoms with Crippen LogP contribution in [0.3, 0.4) is 0 Å². The Morgan fingerprint density at radius 2 is 2.33 bits per heavy atom. The molecule has 2 nitrogen and oxygen atoms in total. The molecule has 0 radical (unpaired) electrons. The summed E-state index contributed by atoms with van der Waals surface area (Å²) in [6, 6.07) is 0. The second kappa shape index (κ2) is 5.55. The first-order valence-corrected chi connectivity index (χ1v) is 5.17. The summed E-state index contributed by atoms with van der Waals surface area (Å²) in [6.07, 6.45) is 4.15. The molecule has 1 fully saturated rings. The van der Waals surface area contributed by atoms with E-state index in [9.17, 15) is 0 Å². The highest BCUT2D eigenvalue weighted by Crippen LogP contribution is 2.14. The Kier molecular flexibility index (Phi) is 4.62. The van der Waals surface area contributed by atoms with Crippen molar-refractivity contribution >= 4 is 0 Å². The molecule has 0 bridgehead atoms. The maximum Gasteiger partial charge on any atom is 0.0725 e. The lowest BCUT2D eigenvalue weighted by Gasteiger charge is -2.29. The predicted octanol–water partition coefficient (Wildman–Crippen LogP) is 1.80. The molecule has 0 aromatic carbocycles. The molecule has 0 amide bonds. The average Bonchev–Trinajstić information content (AvgIpc) is 2.09. The van der Waals surface area contributed by atoms with Crippen LogP contribution in [0.1, 0.15) is 33.1 Å². The number of rotatable bonds is 4. The second-order valence-corrected chi connectivity index (χ2v) is 3.73. The van der Waals surface area contributed by atoms with Crippen molar-refractivity contribution in [2.45, 2.75) is 39.2 Å². The highest BCUT2D eigenvalue weighted by atomic mass is 16.5. The van der Waals surface area contributed by atoms with Crippen LogP contribution in [-0.2, 0) is 4.74 Å². The van der Waals surface area contributed by atoms with E-state index in [4.69, 9.17) is 4.74 Å². The zero-order valence-electron chi connectivity index (χ0n) is 8.31. The lowest BCUT2D eigenvalue weighted by atomic mass is 9.97. The largest absolute Gasteiger partial charge is 0.377 e. The van der Waals surface area contributed by atoms with Gasteiger partial charge in [-0.1, -0.05) is 20.3 Å². The van der Waals surface area contributed by atoms with Gasteiger partial charge in [0.15, 0.2) is 0 Å². The second-order valence-electron chi connectivity index (χ2n) is 3.73.